The normalized spacial score (nSPS) is 15.8. The molecule has 0 aromatic heterocycles. The Balaban J connectivity index is 1.90. The second kappa shape index (κ2) is 10.6. The average Bonchev–Trinajstić information content (AvgIpc) is 2.71. The zero-order valence-corrected chi connectivity index (χ0v) is 16.7. The van der Waals surface area contributed by atoms with Crippen LogP contribution in [0.25, 0.3) is 0 Å². The molecular formula is C22H30N2O4. The number of likely N-dealkylation sites (tertiary alicyclic amines) is 1. The minimum absolute atomic E-state index is 0.110. The largest absolute Gasteiger partial charge is 0.459 e. The van der Waals surface area contributed by atoms with E-state index in [1.807, 2.05) is 44.2 Å². The Morgan fingerprint density at radius 3 is 2.43 bits per heavy atom. The van der Waals surface area contributed by atoms with Crippen LogP contribution >= 0.6 is 0 Å². The highest BCUT2D eigenvalue weighted by molar-refractivity contribution is 5.88. The number of ether oxygens (including phenoxy) is 1. The van der Waals surface area contributed by atoms with Crippen LogP contribution < -0.4 is 5.32 Å². The summed E-state index contributed by atoms with van der Waals surface area (Å²) in [6.45, 7) is 8.73. The van der Waals surface area contributed by atoms with Crippen LogP contribution in [0.4, 0.5) is 0 Å². The highest BCUT2D eigenvalue weighted by Gasteiger charge is 2.30. The van der Waals surface area contributed by atoms with Crippen molar-refractivity contribution in [1.82, 2.24) is 10.2 Å². The molecule has 0 unspecified atom stereocenters. The molecule has 6 nitrogen and oxygen atoms in total. The Morgan fingerprint density at radius 1 is 1.21 bits per heavy atom. The zero-order valence-electron chi connectivity index (χ0n) is 16.7. The first kappa shape index (κ1) is 21.7. The molecule has 6 heteroatoms. The van der Waals surface area contributed by atoms with Gasteiger partial charge in [-0.2, -0.15) is 0 Å². The van der Waals surface area contributed by atoms with E-state index in [2.05, 4.69) is 11.9 Å². The van der Waals surface area contributed by atoms with Crippen LogP contribution in [0.5, 0.6) is 0 Å². The maximum atomic E-state index is 12.7. The van der Waals surface area contributed by atoms with Crippen molar-refractivity contribution in [2.24, 2.45) is 11.8 Å². The fourth-order valence-corrected chi connectivity index (χ4v) is 3.30. The van der Waals surface area contributed by atoms with Crippen LogP contribution in [0.3, 0.4) is 0 Å². The maximum absolute atomic E-state index is 12.7. The molecule has 1 atom stereocenters. The number of carbonyl (C=O) groups is 3. The molecule has 0 radical (unpaired) electrons. The smallest absolute Gasteiger partial charge is 0.328 e. The number of nitrogens with zero attached hydrogens (tertiary/aromatic N) is 1. The highest BCUT2D eigenvalue weighted by Crippen LogP contribution is 2.19. The van der Waals surface area contributed by atoms with Gasteiger partial charge in [-0.3, -0.25) is 9.59 Å². The van der Waals surface area contributed by atoms with E-state index in [-0.39, 0.29) is 30.3 Å². The number of nitrogens with one attached hydrogen (secondary N) is 1. The zero-order chi connectivity index (χ0) is 20.5. The van der Waals surface area contributed by atoms with Crippen molar-refractivity contribution in [2.45, 2.75) is 45.8 Å². The number of hydrogen-bond acceptors (Lipinski definition) is 4. The van der Waals surface area contributed by atoms with Crippen molar-refractivity contribution in [3.8, 4) is 0 Å². The molecule has 0 aliphatic carbocycles. The quantitative estimate of drug-likeness (QED) is 0.551. The molecule has 2 amide bonds. The summed E-state index contributed by atoms with van der Waals surface area (Å²) in [5.41, 5.74) is 0.907. The lowest BCUT2D eigenvalue weighted by molar-refractivity contribution is -0.150. The van der Waals surface area contributed by atoms with Gasteiger partial charge in [0.1, 0.15) is 12.6 Å². The number of hydrogen-bond donors (Lipinski definition) is 1. The third-order valence-corrected chi connectivity index (χ3v) is 4.88. The standard InChI is InChI=1S/C22H30N2O4/c1-4-20(25)24-12-10-18(11-13-24)21(26)23-19(14-16(2)3)22(27)28-15-17-8-6-5-7-9-17/h4-9,16,18-19H,1,10-15H2,2-3H3,(H,23,26)/t19-/m0/s1. The fourth-order valence-electron chi connectivity index (χ4n) is 3.30. The van der Waals surface area contributed by atoms with E-state index < -0.39 is 12.0 Å². The van der Waals surface area contributed by atoms with Gasteiger partial charge in [-0.05, 0) is 36.8 Å². The van der Waals surface area contributed by atoms with Crippen LogP contribution in [-0.4, -0.2) is 41.8 Å². The molecule has 1 fully saturated rings. The lowest BCUT2D eigenvalue weighted by atomic mass is 9.94. The Bertz CT molecular complexity index is 679. The van der Waals surface area contributed by atoms with Gasteiger partial charge in [0.05, 0.1) is 0 Å². The van der Waals surface area contributed by atoms with E-state index in [0.717, 1.165) is 5.56 Å². The van der Waals surface area contributed by atoms with E-state index in [1.165, 1.54) is 6.08 Å². The van der Waals surface area contributed by atoms with E-state index >= 15 is 0 Å². The number of carbonyl (C=O) groups excluding carboxylic acids is 3. The summed E-state index contributed by atoms with van der Waals surface area (Å²) in [5, 5.41) is 2.88. The Morgan fingerprint density at radius 2 is 1.86 bits per heavy atom. The molecule has 0 saturated carbocycles. The number of rotatable bonds is 8. The first-order chi connectivity index (χ1) is 13.4. The maximum Gasteiger partial charge on any atom is 0.328 e. The van der Waals surface area contributed by atoms with Gasteiger partial charge in [0.25, 0.3) is 0 Å². The van der Waals surface area contributed by atoms with Crippen LogP contribution in [0, 0.1) is 11.8 Å². The van der Waals surface area contributed by atoms with Crippen molar-refractivity contribution in [3.63, 3.8) is 0 Å². The van der Waals surface area contributed by atoms with Crippen molar-refractivity contribution >= 4 is 17.8 Å². The minimum atomic E-state index is -0.663. The molecule has 1 aliphatic heterocycles. The molecule has 1 N–H and O–H groups in total. The van der Waals surface area contributed by atoms with Crippen molar-refractivity contribution < 1.29 is 19.1 Å². The average molecular weight is 386 g/mol. The number of benzene rings is 1. The van der Waals surface area contributed by atoms with Gasteiger partial charge in [-0.15, -0.1) is 0 Å². The molecule has 1 aromatic carbocycles. The summed E-state index contributed by atoms with van der Waals surface area (Å²) in [5.74, 6) is -0.633. The third kappa shape index (κ3) is 6.51. The Labute approximate surface area is 166 Å². The van der Waals surface area contributed by atoms with Crippen LogP contribution in [0.1, 0.15) is 38.7 Å². The lowest BCUT2D eigenvalue weighted by Gasteiger charge is -2.31. The molecule has 1 heterocycles. The summed E-state index contributed by atoms with van der Waals surface area (Å²) < 4.78 is 5.42. The minimum Gasteiger partial charge on any atom is -0.459 e. The SMILES string of the molecule is C=CC(=O)N1CCC(C(=O)N[C@@H](CC(C)C)C(=O)OCc2ccccc2)CC1. The molecule has 28 heavy (non-hydrogen) atoms. The predicted octanol–water partition coefficient (Wildman–Crippen LogP) is 2.69. The van der Waals surface area contributed by atoms with Crippen LogP contribution in [0.2, 0.25) is 0 Å². The molecule has 1 aliphatic rings. The van der Waals surface area contributed by atoms with Crippen molar-refractivity contribution in [1.29, 1.82) is 0 Å². The van der Waals surface area contributed by atoms with E-state index in [9.17, 15) is 14.4 Å². The second-order valence-corrected chi connectivity index (χ2v) is 7.59. The van der Waals surface area contributed by atoms with Gasteiger partial charge in [-0.25, -0.2) is 4.79 Å². The molecule has 2 rings (SSSR count). The predicted molar refractivity (Wildman–Crippen MR) is 107 cm³/mol. The van der Waals surface area contributed by atoms with Gasteiger partial charge in [0.2, 0.25) is 11.8 Å². The molecule has 0 bridgehead atoms. The summed E-state index contributed by atoms with van der Waals surface area (Å²) in [6, 6.07) is 8.80. The molecule has 1 saturated heterocycles. The molecule has 152 valence electrons. The van der Waals surface area contributed by atoms with E-state index in [4.69, 9.17) is 4.74 Å². The first-order valence-electron chi connectivity index (χ1n) is 9.83. The molecular weight excluding hydrogens is 356 g/mol. The van der Waals surface area contributed by atoms with Gasteiger partial charge >= 0.3 is 5.97 Å². The fraction of sp³-hybridized carbons (Fsp3) is 0.500. The van der Waals surface area contributed by atoms with Crippen molar-refractivity contribution in [3.05, 3.63) is 48.6 Å². The monoisotopic (exact) mass is 386 g/mol. The Kier molecular flexibility index (Phi) is 8.23. The molecule has 1 aromatic rings. The number of amides is 2. The van der Waals surface area contributed by atoms with Gasteiger partial charge < -0.3 is 15.0 Å². The lowest BCUT2D eigenvalue weighted by Crippen LogP contribution is -2.48. The topological polar surface area (TPSA) is 75.7 Å². The van der Waals surface area contributed by atoms with E-state index in [1.54, 1.807) is 4.90 Å². The number of piperidine rings is 1. The van der Waals surface area contributed by atoms with Gasteiger partial charge in [0, 0.05) is 19.0 Å². The van der Waals surface area contributed by atoms with Crippen LogP contribution in [0.15, 0.2) is 43.0 Å². The van der Waals surface area contributed by atoms with Gasteiger partial charge in [-0.1, -0.05) is 50.8 Å². The summed E-state index contributed by atoms with van der Waals surface area (Å²) >= 11 is 0. The van der Waals surface area contributed by atoms with Crippen LogP contribution in [-0.2, 0) is 25.7 Å². The first-order valence-corrected chi connectivity index (χ1v) is 9.83. The molecule has 0 spiro atoms. The second-order valence-electron chi connectivity index (χ2n) is 7.59. The number of esters is 1. The van der Waals surface area contributed by atoms with Crippen molar-refractivity contribution in [2.75, 3.05) is 13.1 Å². The summed E-state index contributed by atoms with van der Waals surface area (Å²) in [6.07, 6.45) is 2.98. The van der Waals surface area contributed by atoms with E-state index in [0.29, 0.717) is 32.4 Å². The summed E-state index contributed by atoms with van der Waals surface area (Å²) in [7, 11) is 0. The highest BCUT2D eigenvalue weighted by atomic mass is 16.5. The summed E-state index contributed by atoms with van der Waals surface area (Å²) in [4.78, 5) is 38.6. The third-order valence-electron chi connectivity index (χ3n) is 4.88. The Hall–Kier alpha value is -2.63. The van der Waals surface area contributed by atoms with Gasteiger partial charge in [0.15, 0.2) is 0 Å².